The zero-order chi connectivity index (χ0) is 21.1. The highest BCUT2D eigenvalue weighted by Crippen LogP contribution is 2.24. The minimum atomic E-state index is -0.414. The highest BCUT2D eigenvalue weighted by Gasteiger charge is 2.34. The number of amides is 2. The first-order valence-electron chi connectivity index (χ1n) is 9.72. The molecule has 0 saturated carbocycles. The third-order valence-corrected chi connectivity index (χ3v) is 5.08. The minimum Gasteiger partial charge on any atom is -0.489 e. The Kier molecular flexibility index (Phi) is 5.35. The molecule has 1 aliphatic heterocycles. The number of carbonyl (C=O) groups excluding carboxylic acids is 2. The van der Waals surface area contributed by atoms with Crippen LogP contribution in [0, 0.1) is 13.8 Å². The van der Waals surface area contributed by atoms with Crippen molar-refractivity contribution in [1.29, 1.82) is 0 Å². The third-order valence-electron chi connectivity index (χ3n) is 5.08. The molecule has 0 aliphatic carbocycles. The average molecular weight is 398 g/mol. The van der Waals surface area contributed by atoms with Crippen LogP contribution in [0.4, 0.5) is 5.69 Å². The summed E-state index contributed by atoms with van der Waals surface area (Å²) in [6.45, 7) is 4.45. The third kappa shape index (κ3) is 4.10. The lowest BCUT2D eigenvalue weighted by atomic mass is 10.1. The van der Waals surface area contributed by atoms with Crippen LogP contribution in [0.25, 0.3) is 6.08 Å². The van der Waals surface area contributed by atoms with Gasteiger partial charge in [-0.25, -0.2) is 5.01 Å². The number of anilines is 1. The molecule has 5 heteroatoms. The first-order valence-corrected chi connectivity index (χ1v) is 9.72. The first-order chi connectivity index (χ1) is 14.5. The molecular weight excluding hydrogens is 376 g/mol. The van der Waals surface area contributed by atoms with E-state index in [1.807, 2.05) is 86.6 Å². The number of carbonyl (C=O) groups is 2. The number of benzene rings is 3. The van der Waals surface area contributed by atoms with E-state index >= 15 is 0 Å². The monoisotopic (exact) mass is 398 g/mol. The van der Waals surface area contributed by atoms with E-state index < -0.39 is 5.91 Å². The van der Waals surface area contributed by atoms with Crippen LogP contribution in [0.2, 0.25) is 0 Å². The molecule has 0 bridgehead atoms. The smallest absolute Gasteiger partial charge is 0.282 e. The quantitative estimate of drug-likeness (QED) is 0.514. The summed E-state index contributed by atoms with van der Waals surface area (Å²) in [7, 11) is 0. The van der Waals surface area contributed by atoms with E-state index in [2.05, 4.69) is 5.43 Å². The predicted molar refractivity (Wildman–Crippen MR) is 117 cm³/mol. The largest absolute Gasteiger partial charge is 0.489 e. The van der Waals surface area contributed by atoms with Gasteiger partial charge in [0.05, 0.1) is 5.69 Å². The molecule has 2 amide bonds. The molecule has 3 aromatic rings. The Labute approximate surface area is 175 Å². The molecule has 0 radical (unpaired) electrons. The fraction of sp³-hybridized carbons (Fsp3) is 0.120. The Balaban J connectivity index is 1.47. The van der Waals surface area contributed by atoms with Crippen molar-refractivity contribution in [1.82, 2.24) is 5.43 Å². The molecule has 1 aliphatic rings. The number of nitrogens with one attached hydrogen (secondary N) is 1. The Hall–Kier alpha value is -3.86. The van der Waals surface area contributed by atoms with E-state index in [4.69, 9.17) is 4.74 Å². The van der Waals surface area contributed by atoms with Crippen LogP contribution in [0.3, 0.4) is 0 Å². The van der Waals surface area contributed by atoms with Gasteiger partial charge in [0.25, 0.3) is 11.8 Å². The van der Waals surface area contributed by atoms with Crippen LogP contribution in [0.5, 0.6) is 5.75 Å². The Bertz CT molecular complexity index is 1120. The molecule has 0 spiro atoms. The summed E-state index contributed by atoms with van der Waals surface area (Å²) >= 11 is 0. The minimum absolute atomic E-state index is 0.103. The van der Waals surface area contributed by atoms with Gasteiger partial charge in [-0.3, -0.25) is 15.0 Å². The van der Waals surface area contributed by atoms with Crippen molar-refractivity contribution in [3.8, 4) is 5.75 Å². The van der Waals surface area contributed by atoms with Crippen LogP contribution in [0.1, 0.15) is 22.3 Å². The number of ether oxygens (including phenoxy) is 1. The van der Waals surface area contributed by atoms with Gasteiger partial charge in [-0.15, -0.1) is 0 Å². The molecule has 3 aromatic carbocycles. The van der Waals surface area contributed by atoms with Gasteiger partial charge < -0.3 is 4.74 Å². The Morgan fingerprint density at radius 3 is 2.33 bits per heavy atom. The van der Waals surface area contributed by atoms with Gasteiger partial charge in [-0.05, 0) is 66.4 Å². The van der Waals surface area contributed by atoms with E-state index in [-0.39, 0.29) is 11.5 Å². The Morgan fingerprint density at radius 1 is 0.900 bits per heavy atom. The van der Waals surface area contributed by atoms with Crippen LogP contribution in [-0.2, 0) is 16.2 Å². The zero-order valence-electron chi connectivity index (χ0n) is 16.9. The highest BCUT2D eigenvalue weighted by molar-refractivity contribution is 6.31. The maximum atomic E-state index is 12.8. The van der Waals surface area contributed by atoms with Crippen molar-refractivity contribution in [2.75, 3.05) is 5.01 Å². The van der Waals surface area contributed by atoms with Crippen molar-refractivity contribution in [2.45, 2.75) is 20.5 Å². The number of rotatable bonds is 5. The summed E-state index contributed by atoms with van der Waals surface area (Å²) < 4.78 is 5.78. The molecule has 0 unspecified atom stereocenters. The van der Waals surface area contributed by atoms with Crippen molar-refractivity contribution in [3.05, 3.63) is 101 Å². The summed E-state index contributed by atoms with van der Waals surface area (Å²) in [5, 5.41) is 1.29. The molecule has 0 atom stereocenters. The van der Waals surface area contributed by atoms with Gasteiger partial charge in [0.1, 0.15) is 17.9 Å². The maximum absolute atomic E-state index is 12.8. The van der Waals surface area contributed by atoms with Crippen molar-refractivity contribution in [3.63, 3.8) is 0 Å². The van der Waals surface area contributed by atoms with Gasteiger partial charge in [-0.1, -0.05) is 48.5 Å². The van der Waals surface area contributed by atoms with E-state index in [9.17, 15) is 9.59 Å². The average Bonchev–Trinajstić information content (AvgIpc) is 3.04. The van der Waals surface area contributed by atoms with Crippen LogP contribution in [-0.4, -0.2) is 11.8 Å². The van der Waals surface area contributed by atoms with Gasteiger partial charge in [-0.2, -0.15) is 0 Å². The SMILES string of the molecule is Cc1ccc(N2NC(=O)/C(=C\c3ccc(OCc4ccccc4)cc3)C2=O)cc1C. The maximum Gasteiger partial charge on any atom is 0.282 e. The topological polar surface area (TPSA) is 58.6 Å². The molecule has 5 nitrogen and oxygen atoms in total. The molecule has 1 heterocycles. The summed E-state index contributed by atoms with van der Waals surface area (Å²) in [5.74, 6) is -0.0600. The van der Waals surface area contributed by atoms with Crippen LogP contribution in [0.15, 0.2) is 78.4 Å². The molecule has 0 aromatic heterocycles. The molecule has 1 N–H and O–H groups in total. The normalized spacial score (nSPS) is 14.9. The standard InChI is InChI=1S/C25H22N2O3/c1-17-8-11-21(14-18(17)2)27-25(29)23(24(28)26-27)15-19-9-12-22(13-10-19)30-16-20-6-4-3-5-7-20/h3-15H,16H2,1-2H3,(H,26,28)/b23-15+. The van der Waals surface area contributed by atoms with Crippen LogP contribution < -0.4 is 15.2 Å². The lowest BCUT2D eigenvalue weighted by Gasteiger charge is -2.15. The van der Waals surface area contributed by atoms with Gasteiger partial charge in [0.15, 0.2) is 0 Å². The second-order valence-corrected chi connectivity index (χ2v) is 7.25. The van der Waals surface area contributed by atoms with Crippen molar-refractivity contribution < 1.29 is 14.3 Å². The Morgan fingerprint density at radius 2 is 1.63 bits per heavy atom. The second-order valence-electron chi connectivity index (χ2n) is 7.25. The number of aryl methyl sites for hydroxylation is 2. The van der Waals surface area contributed by atoms with E-state index in [1.54, 1.807) is 6.08 Å². The molecule has 4 rings (SSSR count). The molecule has 150 valence electrons. The summed E-state index contributed by atoms with van der Waals surface area (Å²) in [5.41, 5.74) is 7.40. The van der Waals surface area contributed by atoms with E-state index in [0.29, 0.717) is 12.3 Å². The number of hydrazine groups is 1. The second kappa shape index (κ2) is 8.25. The fourth-order valence-corrected chi connectivity index (χ4v) is 3.17. The lowest BCUT2D eigenvalue weighted by molar-refractivity contribution is -0.117. The lowest BCUT2D eigenvalue weighted by Crippen LogP contribution is -2.35. The predicted octanol–water partition coefficient (Wildman–Crippen LogP) is 4.34. The summed E-state index contributed by atoms with van der Waals surface area (Å²) in [6, 6.07) is 22.9. The molecule has 30 heavy (non-hydrogen) atoms. The first kappa shape index (κ1) is 19.5. The fourth-order valence-electron chi connectivity index (χ4n) is 3.17. The zero-order valence-corrected chi connectivity index (χ0v) is 16.9. The van der Waals surface area contributed by atoms with Crippen molar-refractivity contribution in [2.24, 2.45) is 0 Å². The van der Waals surface area contributed by atoms with E-state index in [1.165, 1.54) is 5.01 Å². The van der Waals surface area contributed by atoms with Gasteiger partial charge in [0.2, 0.25) is 0 Å². The van der Waals surface area contributed by atoms with Crippen molar-refractivity contribution >= 4 is 23.6 Å². The molecule has 1 fully saturated rings. The number of hydrogen-bond donors (Lipinski definition) is 1. The molecule has 1 saturated heterocycles. The summed E-state index contributed by atoms with van der Waals surface area (Å²) in [6.07, 6.45) is 1.60. The summed E-state index contributed by atoms with van der Waals surface area (Å²) in [4.78, 5) is 25.2. The molecular formula is C25H22N2O3. The van der Waals surface area contributed by atoms with Gasteiger partial charge in [0, 0.05) is 0 Å². The highest BCUT2D eigenvalue weighted by atomic mass is 16.5. The van der Waals surface area contributed by atoms with Crippen LogP contribution >= 0.6 is 0 Å². The van der Waals surface area contributed by atoms with E-state index in [0.717, 1.165) is 28.0 Å². The number of hydrogen-bond acceptors (Lipinski definition) is 3. The van der Waals surface area contributed by atoms with Gasteiger partial charge >= 0.3 is 0 Å². The number of nitrogens with zero attached hydrogens (tertiary/aromatic N) is 1.